The molecule has 3 aliphatic rings. The summed E-state index contributed by atoms with van der Waals surface area (Å²) in [4.78, 5) is 30.3. The highest BCUT2D eigenvalue weighted by molar-refractivity contribution is 6.03. The van der Waals surface area contributed by atoms with Gasteiger partial charge in [0.2, 0.25) is 0 Å². The van der Waals surface area contributed by atoms with Gasteiger partial charge in [0.25, 0.3) is 0 Å². The highest BCUT2D eigenvalue weighted by Crippen LogP contribution is 2.62. The van der Waals surface area contributed by atoms with Crippen molar-refractivity contribution in [3.8, 4) is 0 Å². The Kier molecular flexibility index (Phi) is 3.79. The number of esters is 2. The third-order valence-corrected chi connectivity index (χ3v) is 6.70. The zero-order valence-electron chi connectivity index (χ0n) is 14.9. The molecule has 26 heavy (non-hydrogen) atoms. The molecule has 0 bridgehead atoms. The van der Waals surface area contributed by atoms with Crippen LogP contribution >= 0.6 is 0 Å². The van der Waals surface area contributed by atoms with Crippen molar-refractivity contribution in [3.05, 3.63) is 54.9 Å². The standard InChI is InChI=1S/C21H23NO4/c1-4-14-6-7-15(5-2)21(14)12-20(18(23)25-3,19(24)26-21)17-10-13-11-22-9-8-16(13)17/h4-5,8-9,11,14-15,17H,1-2,6-7,10,12H2,3H3/t14-,15-,17?,20-/m1/s1. The normalized spacial score (nSPS) is 33.9. The maximum atomic E-state index is 13.2. The number of carbonyl (C=O) groups is 2. The van der Waals surface area contributed by atoms with Crippen LogP contribution in [0, 0.1) is 17.3 Å². The molecule has 4 atom stereocenters. The molecule has 5 heteroatoms. The van der Waals surface area contributed by atoms with Crippen molar-refractivity contribution in [3.63, 3.8) is 0 Å². The minimum Gasteiger partial charge on any atom is -0.468 e. The lowest BCUT2D eigenvalue weighted by molar-refractivity contribution is -0.167. The van der Waals surface area contributed by atoms with Crippen LogP contribution in [0.2, 0.25) is 0 Å². The van der Waals surface area contributed by atoms with E-state index in [1.165, 1.54) is 7.11 Å². The first-order chi connectivity index (χ1) is 12.5. The molecule has 0 N–H and O–H groups in total. The molecule has 4 rings (SSSR count). The number of hydrogen-bond acceptors (Lipinski definition) is 5. The number of carbonyl (C=O) groups excluding carboxylic acids is 2. The van der Waals surface area contributed by atoms with Crippen molar-refractivity contribution in [2.45, 2.75) is 37.2 Å². The first kappa shape index (κ1) is 17.0. The average molecular weight is 353 g/mol. The highest BCUT2D eigenvalue weighted by atomic mass is 16.6. The molecule has 1 unspecified atom stereocenters. The molecule has 1 aliphatic heterocycles. The van der Waals surface area contributed by atoms with Gasteiger partial charge in [0, 0.05) is 36.6 Å². The predicted molar refractivity (Wildman–Crippen MR) is 95.2 cm³/mol. The van der Waals surface area contributed by atoms with E-state index in [1.54, 1.807) is 12.4 Å². The van der Waals surface area contributed by atoms with E-state index in [9.17, 15) is 9.59 Å². The molecule has 1 aromatic heterocycles. The van der Waals surface area contributed by atoms with Gasteiger partial charge in [-0.05, 0) is 36.5 Å². The molecule has 2 heterocycles. The number of ether oxygens (including phenoxy) is 2. The summed E-state index contributed by atoms with van der Waals surface area (Å²) in [6, 6.07) is 1.89. The fourth-order valence-corrected chi connectivity index (χ4v) is 5.31. The second-order valence-electron chi connectivity index (χ2n) is 7.58. The van der Waals surface area contributed by atoms with Gasteiger partial charge in [0.05, 0.1) is 7.11 Å². The van der Waals surface area contributed by atoms with Crippen molar-refractivity contribution in [2.75, 3.05) is 7.11 Å². The minimum atomic E-state index is -1.31. The molecule has 2 aliphatic carbocycles. The minimum absolute atomic E-state index is 0.0120. The second kappa shape index (κ2) is 5.79. The number of methoxy groups -OCH3 is 1. The molecule has 0 radical (unpaired) electrons. The third kappa shape index (κ3) is 1.94. The summed E-state index contributed by atoms with van der Waals surface area (Å²) in [5, 5.41) is 0. The Hall–Kier alpha value is -2.43. The summed E-state index contributed by atoms with van der Waals surface area (Å²) in [6.45, 7) is 7.87. The van der Waals surface area contributed by atoms with Crippen LogP contribution in [0.1, 0.15) is 36.3 Å². The van der Waals surface area contributed by atoms with Gasteiger partial charge in [0.15, 0.2) is 5.41 Å². The Morgan fingerprint density at radius 3 is 2.62 bits per heavy atom. The van der Waals surface area contributed by atoms with E-state index in [1.807, 2.05) is 18.2 Å². The van der Waals surface area contributed by atoms with E-state index in [2.05, 4.69) is 18.1 Å². The topological polar surface area (TPSA) is 65.5 Å². The average Bonchev–Trinajstić information content (AvgIpc) is 3.12. The summed E-state index contributed by atoms with van der Waals surface area (Å²) in [5.74, 6) is -1.20. The van der Waals surface area contributed by atoms with Crippen LogP contribution in [-0.2, 0) is 25.5 Å². The predicted octanol–water partition coefficient (Wildman–Crippen LogP) is 2.96. The van der Waals surface area contributed by atoms with E-state index in [4.69, 9.17) is 9.47 Å². The molecule has 1 aromatic rings. The van der Waals surface area contributed by atoms with Gasteiger partial charge in [0.1, 0.15) is 5.60 Å². The van der Waals surface area contributed by atoms with Crippen LogP contribution < -0.4 is 0 Å². The van der Waals surface area contributed by atoms with Crippen molar-refractivity contribution < 1.29 is 19.1 Å². The lowest BCUT2D eigenvalue weighted by atomic mass is 9.59. The summed E-state index contributed by atoms with van der Waals surface area (Å²) in [7, 11) is 1.33. The van der Waals surface area contributed by atoms with Gasteiger partial charge in [-0.2, -0.15) is 0 Å². The zero-order valence-corrected chi connectivity index (χ0v) is 14.9. The molecule has 136 valence electrons. The van der Waals surface area contributed by atoms with Crippen LogP contribution in [0.25, 0.3) is 0 Å². The molecule has 1 saturated carbocycles. The van der Waals surface area contributed by atoms with Gasteiger partial charge < -0.3 is 9.47 Å². The molecular weight excluding hydrogens is 330 g/mol. The van der Waals surface area contributed by atoms with Gasteiger partial charge in [-0.1, -0.05) is 12.2 Å². The Bertz CT molecular complexity index is 785. The highest BCUT2D eigenvalue weighted by Gasteiger charge is 2.70. The van der Waals surface area contributed by atoms with Crippen LogP contribution in [0.5, 0.6) is 0 Å². The molecule has 1 spiro atoms. The zero-order chi connectivity index (χ0) is 18.5. The number of pyridine rings is 1. The second-order valence-corrected chi connectivity index (χ2v) is 7.58. The number of rotatable bonds is 4. The largest absolute Gasteiger partial charge is 0.468 e. The lowest BCUT2D eigenvalue weighted by Crippen LogP contribution is -2.47. The lowest BCUT2D eigenvalue weighted by Gasteiger charge is -2.40. The van der Waals surface area contributed by atoms with E-state index < -0.39 is 23.0 Å². The van der Waals surface area contributed by atoms with Gasteiger partial charge in [-0.25, -0.2) is 0 Å². The summed E-state index contributed by atoms with van der Waals surface area (Å²) < 4.78 is 11.1. The van der Waals surface area contributed by atoms with Crippen LogP contribution in [0.15, 0.2) is 43.8 Å². The maximum absolute atomic E-state index is 13.2. The molecule has 1 saturated heterocycles. The molecule has 0 aromatic carbocycles. The van der Waals surface area contributed by atoms with Crippen molar-refractivity contribution in [1.29, 1.82) is 0 Å². The first-order valence-corrected chi connectivity index (χ1v) is 9.03. The van der Waals surface area contributed by atoms with Crippen LogP contribution in [0.3, 0.4) is 0 Å². The quantitative estimate of drug-likeness (QED) is 0.473. The Morgan fingerprint density at radius 2 is 2.04 bits per heavy atom. The monoisotopic (exact) mass is 353 g/mol. The summed E-state index contributed by atoms with van der Waals surface area (Å²) in [6.07, 6.45) is 9.87. The number of aromatic nitrogens is 1. The van der Waals surface area contributed by atoms with Crippen molar-refractivity contribution in [2.24, 2.45) is 17.3 Å². The number of hydrogen-bond donors (Lipinski definition) is 0. The third-order valence-electron chi connectivity index (χ3n) is 6.70. The maximum Gasteiger partial charge on any atom is 0.324 e. The fourth-order valence-electron chi connectivity index (χ4n) is 5.31. The molecule has 2 fully saturated rings. The van der Waals surface area contributed by atoms with Crippen LogP contribution in [0.4, 0.5) is 0 Å². The summed E-state index contributed by atoms with van der Waals surface area (Å²) >= 11 is 0. The molecule has 0 amide bonds. The van der Waals surface area contributed by atoms with E-state index in [-0.39, 0.29) is 17.8 Å². The first-order valence-electron chi connectivity index (χ1n) is 9.03. The number of nitrogens with zero attached hydrogens (tertiary/aromatic N) is 1. The molecule has 5 nitrogen and oxygen atoms in total. The summed E-state index contributed by atoms with van der Waals surface area (Å²) in [5.41, 5.74) is -0.00254. The Balaban J connectivity index is 1.82. The van der Waals surface area contributed by atoms with Crippen LogP contribution in [-0.4, -0.2) is 29.6 Å². The number of fused-ring (bicyclic) bond motifs is 1. The Morgan fingerprint density at radius 1 is 1.35 bits per heavy atom. The van der Waals surface area contributed by atoms with Crippen molar-refractivity contribution in [1.82, 2.24) is 4.98 Å². The fraction of sp³-hybridized carbons (Fsp3) is 0.476. The van der Waals surface area contributed by atoms with Crippen molar-refractivity contribution >= 4 is 11.9 Å². The SMILES string of the molecule is C=C[C@@H]1CC[C@@H](C=C)C12C[C@](C(=O)OC)(C1Cc3cnccc31)C(=O)O2. The van der Waals surface area contributed by atoms with E-state index in [0.29, 0.717) is 12.8 Å². The van der Waals surface area contributed by atoms with Gasteiger partial charge in [-0.15, -0.1) is 13.2 Å². The Labute approximate surface area is 153 Å². The smallest absolute Gasteiger partial charge is 0.324 e. The van der Waals surface area contributed by atoms with E-state index >= 15 is 0 Å². The molecular formula is C21H23NO4. The van der Waals surface area contributed by atoms with E-state index in [0.717, 1.165) is 24.0 Å². The van der Waals surface area contributed by atoms with Gasteiger partial charge in [-0.3, -0.25) is 14.6 Å². The van der Waals surface area contributed by atoms with Gasteiger partial charge >= 0.3 is 11.9 Å².